The lowest BCUT2D eigenvalue weighted by Gasteiger charge is -2.22. The number of carbonyl (C=O) groups excluding carboxylic acids is 2. The third-order valence-corrected chi connectivity index (χ3v) is 4.56. The summed E-state index contributed by atoms with van der Waals surface area (Å²) >= 11 is 0. The van der Waals surface area contributed by atoms with Gasteiger partial charge in [-0.05, 0) is 12.1 Å². The predicted molar refractivity (Wildman–Crippen MR) is 80.7 cm³/mol. The van der Waals surface area contributed by atoms with Crippen LogP contribution in [-0.2, 0) is 4.74 Å². The molecule has 2 fully saturated rings. The van der Waals surface area contributed by atoms with Crippen molar-refractivity contribution in [3.63, 3.8) is 0 Å². The van der Waals surface area contributed by atoms with Crippen molar-refractivity contribution in [1.29, 1.82) is 0 Å². The normalized spacial score (nSPS) is 24.5. The van der Waals surface area contributed by atoms with Crippen molar-refractivity contribution in [3.8, 4) is 0 Å². The number of carbonyl (C=O) groups is 2. The van der Waals surface area contributed by atoms with Crippen LogP contribution in [0.25, 0.3) is 10.9 Å². The summed E-state index contributed by atoms with van der Waals surface area (Å²) in [4.78, 5) is 30.9. The maximum atomic E-state index is 12.8. The number of nitrogens with one attached hydrogen (secondary N) is 1. The molecule has 0 radical (unpaired) electrons. The fourth-order valence-corrected chi connectivity index (χ4v) is 3.46. The molecule has 0 bridgehead atoms. The molecular weight excluding hydrogens is 282 g/mol. The van der Waals surface area contributed by atoms with Gasteiger partial charge < -0.3 is 19.5 Å². The second-order valence-electron chi connectivity index (χ2n) is 6.13. The summed E-state index contributed by atoms with van der Waals surface area (Å²) in [6.07, 6.45) is 2.22. The van der Waals surface area contributed by atoms with Crippen molar-refractivity contribution in [2.45, 2.75) is 12.0 Å². The topological polar surface area (TPSA) is 65.6 Å². The van der Waals surface area contributed by atoms with E-state index in [-0.39, 0.29) is 12.0 Å². The number of para-hydroxylation sites is 1. The van der Waals surface area contributed by atoms with Gasteiger partial charge in [0.2, 0.25) is 0 Å². The molecule has 3 heterocycles. The highest BCUT2D eigenvalue weighted by atomic mass is 16.6. The molecule has 1 N–H and O–H groups in total. The van der Waals surface area contributed by atoms with Crippen LogP contribution in [0.1, 0.15) is 16.8 Å². The Hall–Kier alpha value is -2.50. The van der Waals surface area contributed by atoms with Crippen molar-refractivity contribution in [2.75, 3.05) is 26.7 Å². The fourth-order valence-electron chi connectivity index (χ4n) is 3.46. The SMILES string of the molecule is CN1C[C@@]2(CCN(C(=O)c3cccc4cc[nH]c34)C2)OC1=O. The molecule has 2 aliphatic rings. The third kappa shape index (κ3) is 1.87. The minimum atomic E-state index is -0.537. The standard InChI is InChI=1S/C16H17N3O3/c1-18-9-16(22-15(18)21)6-8-19(10-16)14(20)12-4-2-3-11-5-7-17-13(11)12/h2-5,7,17H,6,8-10H2,1H3/t16-/m1/s1. The van der Waals surface area contributed by atoms with Gasteiger partial charge in [-0.3, -0.25) is 4.79 Å². The van der Waals surface area contributed by atoms with Crippen LogP contribution in [0.3, 0.4) is 0 Å². The summed E-state index contributed by atoms with van der Waals surface area (Å²) in [5.74, 6) is -0.0180. The lowest BCUT2D eigenvalue weighted by molar-refractivity contribution is 0.0554. The lowest BCUT2D eigenvalue weighted by atomic mass is 10.0. The van der Waals surface area contributed by atoms with Crippen molar-refractivity contribution < 1.29 is 14.3 Å². The van der Waals surface area contributed by atoms with Gasteiger partial charge in [-0.15, -0.1) is 0 Å². The maximum absolute atomic E-state index is 12.8. The molecule has 4 rings (SSSR count). The van der Waals surface area contributed by atoms with Gasteiger partial charge in [0.1, 0.15) is 0 Å². The molecule has 0 aliphatic carbocycles. The minimum absolute atomic E-state index is 0.0180. The summed E-state index contributed by atoms with van der Waals surface area (Å²) in [5.41, 5.74) is 0.983. The van der Waals surface area contributed by atoms with Crippen molar-refractivity contribution in [1.82, 2.24) is 14.8 Å². The first kappa shape index (κ1) is 13.2. The van der Waals surface area contributed by atoms with E-state index in [4.69, 9.17) is 4.74 Å². The number of benzene rings is 1. The van der Waals surface area contributed by atoms with Gasteiger partial charge >= 0.3 is 6.09 Å². The molecule has 22 heavy (non-hydrogen) atoms. The number of fused-ring (bicyclic) bond motifs is 1. The molecule has 6 nitrogen and oxygen atoms in total. The summed E-state index contributed by atoms with van der Waals surface area (Å²) in [6.45, 7) is 1.61. The van der Waals surface area contributed by atoms with Crippen LogP contribution in [-0.4, -0.2) is 59.1 Å². The number of likely N-dealkylation sites (tertiary alicyclic amines) is 1. The predicted octanol–water partition coefficient (Wildman–Crippen LogP) is 1.83. The average Bonchev–Trinajstić information content (AvgIpc) is 3.18. The summed E-state index contributed by atoms with van der Waals surface area (Å²) in [5, 5.41) is 1.02. The second kappa shape index (κ2) is 4.50. The second-order valence-corrected chi connectivity index (χ2v) is 6.13. The van der Waals surface area contributed by atoms with E-state index in [1.807, 2.05) is 30.5 Å². The molecule has 0 unspecified atom stereocenters. The van der Waals surface area contributed by atoms with Gasteiger partial charge in [-0.25, -0.2) is 4.79 Å². The Kier molecular flexibility index (Phi) is 2.69. The molecule has 6 heteroatoms. The van der Waals surface area contributed by atoms with E-state index in [0.717, 1.165) is 10.9 Å². The van der Waals surface area contributed by atoms with Gasteiger partial charge in [0.25, 0.3) is 5.91 Å². The molecule has 2 saturated heterocycles. The summed E-state index contributed by atoms with van der Waals surface area (Å²) in [7, 11) is 1.72. The quantitative estimate of drug-likeness (QED) is 0.873. The Balaban J connectivity index is 1.60. The first-order valence-corrected chi connectivity index (χ1v) is 7.37. The van der Waals surface area contributed by atoms with Crippen LogP contribution in [0, 0.1) is 0 Å². The van der Waals surface area contributed by atoms with E-state index in [1.165, 1.54) is 0 Å². The zero-order valence-corrected chi connectivity index (χ0v) is 12.3. The number of nitrogens with zero attached hydrogens (tertiary/aromatic N) is 2. The smallest absolute Gasteiger partial charge is 0.410 e. The minimum Gasteiger partial charge on any atom is -0.439 e. The largest absolute Gasteiger partial charge is 0.439 e. The van der Waals surface area contributed by atoms with Gasteiger partial charge in [0, 0.05) is 31.6 Å². The number of aromatic nitrogens is 1. The van der Waals surface area contributed by atoms with E-state index in [2.05, 4.69) is 4.98 Å². The van der Waals surface area contributed by atoms with Crippen LogP contribution in [0.4, 0.5) is 4.79 Å². The molecule has 2 amide bonds. The molecule has 1 aromatic heterocycles. The van der Waals surface area contributed by atoms with Crippen LogP contribution < -0.4 is 0 Å². The van der Waals surface area contributed by atoms with Gasteiger partial charge in [0.15, 0.2) is 5.60 Å². The number of hydrogen-bond acceptors (Lipinski definition) is 3. The number of hydrogen-bond donors (Lipinski definition) is 1. The van der Waals surface area contributed by atoms with E-state index in [1.54, 1.807) is 16.8 Å². The molecule has 1 spiro atoms. The highest BCUT2D eigenvalue weighted by molar-refractivity contribution is 6.05. The number of H-pyrrole nitrogens is 1. The first-order chi connectivity index (χ1) is 10.6. The zero-order valence-electron chi connectivity index (χ0n) is 12.3. The molecule has 2 aliphatic heterocycles. The highest BCUT2D eigenvalue weighted by Gasteiger charge is 2.49. The molecule has 0 saturated carbocycles. The Morgan fingerprint density at radius 2 is 2.18 bits per heavy atom. The lowest BCUT2D eigenvalue weighted by Crippen LogP contribution is -2.39. The highest BCUT2D eigenvalue weighted by Crippen LogP contribution is 2.33. The zero-order chi connectivity index (χ0) is 15.3. The Labute approximate surface area is 127 Å². The molecule has 114 valence electrons. The number of ether oxygens (including phenoxy) is 1. The Morgan fingerprint density at radius 1 is 1.32 bits per heavy atom. The van der Waals surface area contributed by atoms with E-state index < -0.39 is 5.60 Å². The average molecular weight is 299 g/mol. The summed E-state index contributed by atoms with van der Waals surface area (Å²) < 4.78 is 5.50. The third-order valence-electron chi connectivity index (χ3n) is 4.56. The number of likely N-dealkylation sites (N-methyl/N-ethyl adjacent to an activating group) is 1. The molecule has 1 atom stereocenters. The fraction of sp³-hybridized carbons (Fsp3) is 0.375. The van der Waals surface area contributed by atoms with Crippen molar-refractivity contribution in [2.24, 2.45) is 0 Å². The monoisotopic (exact) mass is 299 g/mol. The van der Waals surface area contributed by atoms with Gasteiger partial charge in [0.05, 0.1) is 24.2 Å². The van der Waals surface area contributed by atoms with E-state index in [9.17, 15) is 9.59 Å². The first-order valence-electron chi connectivity index (χ1n) is 7.37. The van der Waals surface area contributed by atoms with Gasteiger partial charge in [-0.2, -0.15) is 0 Å². The number of amides is 2. The van der Waals surface area contributed by atoms with Crippen molar-refractivity contribution in [3.05, 3.63) is 36.0 Å². The maximum Gasteiger partial charge on any atom is 0.410 e. The van der Waals surface area contributed by atoms with Crippen LogP contribution in [0.15, 0.2) is 30.5 Å². The van der Waals surface area contributed by atoms with E-state index >= 15 is 0 Å². The van der Waals surface area contributed by atoms with E-state index in [0.29, 0.717) is 31.6 Å². The summed E-state index contributed by atoms with van der Waals surface area (Å²) in [6, 6.07) is 7.64. The molecular formula is C16H17N3O3. The molecule has 2 aromatic rings. The number of rotatable bonds is 1. The van der Waals surface area contributed by atoms with Crippen LogP contribution in [0.5, 0.6) is 0 Å². The van der Waals surface area contributed by atoms with Crippen LogP contribution in [0.2, 0.25) is 0 Å². The van der Waals surface area contributed by atoms with Gasteiger partial charge in [-0.1, -0.05) is 12.1 Å². The molecule has 1 aromatic carbocycles. The number of aromatic amines is 1. The van der Waals surface area contributed by atoms with Crippen molar-refractivity contribution >= 4 is 22.9 Å². The Morgan fingerprint density at radius 3 is 2.95 bits per heavy atom. The Bertz CT molecular complexity index is 769. The van der Waals surface area contributed by atoms with Crippen LogP contribution >= 0.6 is 0 Å².